The average Bonchev–Trinajstić information content (AvgIpc) is 2.54. The number of ether oxygens (including phenoxy) is 1. The first-order valence-corrected chi connectivity index (χ1v) is 8.99. The number of hydrogen-bond acceptors (Lipinski definition) is 4. The molecular formula is C15H20N2O4S. The van der Waals surface area contributed by atoms with Crippen molar-refractivity contribution in [2.45, 2.75) is 37.2 Å². The number of hydrogen-bond donors (Lipinski definition) is 1. The maximum absolute atomic E-state index is 12.8. The molecule has 0 saturated carbocycles. The van der Waals surface area contributed by atoms with Crippen molar-refractivity contribution in [2.24, 2.45) is 0 Å². The van der Waals surface area contributed by atoms with Gasteiger partial charge in [-0.2, -0.15) is 4.31 Å². The van der Waals surface area contributed by atoms with Gasteiger partial charge in [-0.25, -0.2) is 8.42 Å². The monoisotopic (exact) mass is 324 g/mol. The van der Waals surface area contributed by atoms with Crippen molar-refractivity contribution in [1.29, 1.82) is 0 Å². The van der Waals surface area contributed by atoms with Crippen LogP contribution < -0.4 is 5.32 Å². The van der Waals surface area contributed by atoms with E-state index in [4.69, 9.17) is 4.74 Å². The Morgan fingerprint density at radius 3 is 2.95 bits per heavy atom. The Bertz CT molecular complexity index is 687. The summed E-state index contributed by atoms with van der Waals surface area (Å²) in [6.07, 6.45) is 1.72. The predicted octanol–water partition coefficient (Wildman–Crippen LogP) is 1.37. The second kappa shape index (κ2) is 5.98. The van der Waals surface area contributed by atoms with Gasteiger partial charge >= 0.3 is 0 Å². The number of carbonyl (C=O) groups is 1. The molecule has 3 rings (SSSR count). The molecule has 0 unspecified atom stereocenters. The van der Waals surface area contributed by atoms with Crippen molar-refractivity contribution in [3.8, 4) is 0 Å². The normalized spacial score (nSPS) is 23.0. The van der Waals surface area contributed by atoms with Crippen LogP contribution in [0.4, 0.5) is 5.69 Å². The zero-order chi connectivity index (χ0) is 15.7. The van der Waals surface area contributed by atoms with Crippen LogP contribution in [-0.4, -0.2) is 44.4 Å². The van der Waals surface area contributed by atoms with Gasteiger partial charge in [-0.1, -0.05) is 6.92 Å². The van der Waals surface area contributed by atoms with Crippen LogP contribution in [-0.2, 0) is 26.0 Å². The molecule has 2 aliphatic heterocycles. The van der Waals surface area contributed by atoms with E-state index in [1.54, 1.807) is 18.2 Å². The van der Waals surface area contributed by atoms with Crippen LogP contribution in [0.1, 0.15) is 25.3 Å². The standard InChI is InChI=1S/C15H20N2O4S/c1-2-12-10-17(7-8-21-12)22(19,20)13-4-5-14-11(9-13)3-6-15(18)16-14/h4-5,9,12H,2-3,6-8,10H2,1H3,(H,16,18)/t12-/m0/s1. The number of carbonyl (C=O) groups excluding carboxylic acids is 1. The number of rotatable bonds is 3. The fraction of sp³-hybridized carbons (Fsp3) is 0.533. The Morgan fingerprint density at radius 1 is 1.36 bits per heavy atom. The van der Waals surface area contributed by atoms with Crippen molar-refractivity contribution in [3.63, 3.8) is 0 Å². The summed E-state index contributed by atoms with van der Waals surface area (Å²) in [6, 6.07) is 4.92. The van der Waals surface area contributed by atoms with Crippen LogP contribution in [0, 0.1) is 0 Å². The van der Waals surface area contributed by atoms with E-state index >= 15 is 0 Å². The third kappa shape index (κ3) is 2.88. The van der Waals surface area contributed by atoms with Crippen LogP contribution in [0.5, 0.6) is 0 Å². The van der Waals surface area contributed by atoms with E-state index in [-0.39, 0.29) is 12.0 Å². The number of benzene rings is 1. The zero-order valence-corrected chi connectivity index (χ0v) is 13.4. The molecule has 22 heavy (non-hydrogen) atoms. The maximum atomic E-state index is 12.8. The van der Waals surface area contributed by atoms with Gasteiger partial charge in [0.25, 0.3) is 0 Å². The molecular weight excluding hydrogens is 304 g/mol. The van der Waals surface area contributed by atoms with Gasteiger partial charge in [-0.3, -0.25) is 4.79 Å². The first-order chi connectivity index (χ1) is 10.5. The molecule has 1 fully saturated rings. The Labute approximate surface area is 130 Å². The lowest BCUT2D eigenvalue weighted by Gasteiger charge is -2.32. The number of sulfonamides is 1. The molecule has 1 amide bonds. The minimum absolute atomic E-state index is 0.0259. The number of anilines is 1. The molecule has 7 heteroatoms. The highest BCUT2D eigenvalue weighted by molar-refractivity contribution is 7.89. The van der Waals surface area contributed by atoms with E-state index < -0.39 is 10.0 Å². The van der Waals surface area contributed by atoms with Gasteiger partial charge in [0, 0.05) is 25.2 Å². The van der Waals surface area contributed by atoms with Crippen LogP contribution in [0.3, 0.4) is 0 Å². The Balaban J connectivity index is 1.88. The predicted molar refractivity (Wildman–Crippen MR) is 82.2 cm³/mol. The first-order valence-electron chi connectivity index (χ1n) is 7.55. The van der Waals surface area contributed by atoms with E-state index in [0.29, 0.717) is 43.1 Å². The molecule has 2 heterocycles. The van der Waals surface area contributed by atoms with E-state index in [9.17, 15) is 13.2 Å². The van der Waals surface area contributed by atoms with Crippen molar-refractivity contribution >= 4 is 21.6 Å². The average molecular weight is 324 g/mol. The summed E-state index contributed by atoms with van der Waals surface area (Å²) in [7, 11) is -3.51. The van der Waals surface area contributed by atoms with Gasteiger partial charge in [0.2, 0.25) is 15.9 Å². The highest BCUT2D eigenvalue weighted by Gasteiger charge is 2.30. The lowest BCUT2D eigenvalue weighted by molar-refractivity contribution is -0.116. The summed E-state index contributed by atoms with van der Waals surface area (Å²) in [6.45, 7) is 3.19. The van der Waals surface area contributed by atoms with E-state index in [1.165, 1.54) is 4.31 Å². The van der Waals surface area contributed by atoms with Crippen LogP contribution in [0.15, 0.2) is 23.1 Å². The summed E-state index contributed by atoms with van der Waals surface area (Å²) in [4.78, 5) is 11.7. The minimum atomic E-state index is -3.51. The second-order valence-electron chi connectivity index (χ2n) is 5.63. The molecule has 0 radical (unpaired) electrons. The third-order valence-electron chi connectivity index (χ3n) is 4.17. The summed E-state index contributed by atoms with van der Waals surface area (Å²) >= 11 is 0. The van der Waals surface area contributed by atoms with Crippen LogP contribution in [0.2, 0.25) is 0 Å². The molecule has 0 spiro atoms. The van der Waals surface area contributed by atoms with Gasteiger partial charge in [0.05, 0.1) is 17.6 Å². The van der Waals surface area contributed by atoms with Gasteiger partial charge in [-0.05, 0) is 36.6 Å². The molecule has 1 atom stereocenters. The van der Waals surface area contributed by atoms with Crippen molar-refractivity contribution in [1.82, 2.24) is 4.31 Å². The van der Waals surface area contributed by atoms with Crippen LogP contribution in [0.25, 0.3) is 0 Å². The quantitative estimate of drug-likeness (QED) is 0.911. The molecule has 6 nitrogen and oxygen atoms in total. The third-order valence-corrected chi connectivity index (χ3v) is 6.03. The molecule has 1 N–H and O–H groups in total. The molecule has 1 aromatic rings. The molecule has 2 aliphatic rings. The largest absolute Gasteiger partial charge is 0.375 e. The molecule has 120 valence electrons. The van der Waals surface area contributed by atoms with Gasteiger partial charge in [-0.15, -0.1) is 0 Å². The van der Waals surface area contributed by atoms with E-state index in [1.807, 2.05) is 6.92 Å². The summed E-state index contributed by atoms with van der Waals surface area (Å²) < 4.78 is 32.6. The van der Waals surface area contributed by atoms with Crippen molar-refractivity contribution in [2.75, 3.05) is 25.0 Å². The number of morpholine rings is 1. The number of nitrogens with one attached hydrogen (secondary N) is 1. The number of aryl methyl sites for hydroxylation is 1. The van der Waals surface area contributed by atoms with Gasteiger partial charge in [0.15, 0.2) is 0 Å². The highest BCUT2D eigenvalue weighted by Crippen LogP contribution is 2.27. The topological polar surface area (TPSA) is 75.7 Å². The molecule has 0 bridgehead atoms. The highest BCUT2D eigenvalue weighted by atomic mass is 32.2. The number of nitrogens with zero attached hydrogens (tertiary/aromatic N) is 1. The minimum Gasteiger partial charge on any atom is -0.375 e. The van der Waals surface area contributed by atoms with Gasteiger partial charge < -0.3 is 10.1 Å². The van der Waals surface area contributed by atoms with E-state index in [2.05, 4.69) is 5.32 Å². The summed E-state index contributed by atoms with van der Waals surface area (Å²) in [5.74, 6) is -0.0259. The van der Waals surface area contributed by atoms with Crippen LogP contribution >= 0.6 is 0 Å². The summed E-state index contributed by atoms with van der Waals surface area (Å²) in [5.41, 5.74) is 1.59. The molecule has 1 saturated heterocycles. The second-order valence-corrected chi connectivity index (χ2v) is 7.57. The van der Waals surface area contributed by atoms with Crippen molar-refractivity contribution < 1.29 is 17.9 Å². The SMILES string of the molecule is CC[C@H]1CN(S(=O)(=O)c2ccc3c(c2)CCC(=O)N3)CCO1. The first kappa shape index (κ1) is 15.5. The van der Waals surface area contributed by atoms with E-state index in [0.717, 1.165) is 12.0 Å². The smallest absolute Gasteiger partial charge is 0.243 e. The Kier molecular flexibility index (Phi) is 4.20. The fourth-order valence-electron chi connectivity index (χ4n) is 2.83. The zero-order valence-electron chi connectivity index (χ0n) is 12.5. The summed E-state index contributed by atoms with van der Waals surface area (Å²) in [5, 5.41) is 2.77. The fourth-order valence-corrected chi connectivity index (χ4v) is 4.33. The molecule has 1 aromatic carbocycles. The lowest BCUT2D eigenvalue weighted by Crippen LogP contribution is -2.45. The number of amides is 1. The Hall–Kier alpha value is -1.44. The maximum Gasteiger partial charge on any atom is 0.243 e. The molecule has 0 aliphatic carbocycles. The molecule has 0 aromatic heterocycles. The van der Waals surface area contributed by atoms with Crippen molar-refractivity contribution in [3.05, 3.63) is 23.8 Å². The number of fused-ring (bicyclic) bond motifs is 1. The van der Waals surface area contributed by atoms with Gasteiger partial charge in [0.1, 0.15) is 0 Å². The Morgan fingerprint density at radius 2 is 2.18 bits per heavy atom. The lowest BCUT2D eigenvalue weighted by atomic mass is 10.0.